The zero-order chi connectivity index (χ0) is 91.8. The largest absolute Gasteiger partial charge is 0.435 e. The van der Waals surface area contributed by atoms with Crippen LogP contribution in [0.5, 0.6) is 0 Å². The molecular weight excluding hydrogens is 2090 g/mol. The molecule has 12 rings (SSSR count). The minimum Gasteiger partial charge on any atom is -0.347 e. The molecule has 28 nitrogen and oxygen atoms in total. The van der Waals surface area contributed by atoms with Crippen LogP contribution in [0.1, 0.15) is 121 Å². The molecule has 8 aromatic heterocycles. The van der Waals surface area contributed by atoms with Crippen molar-refractivity contribution in [2.24, 2.45) is 0 Å². The fourth-order valence-corrected chi connectivity index (χ4v) is 15.2. The number of halogens is 19. The van der Waals surface area contributed by atoms with Gasteiger partial charge in [-0.05, 0) is 146 Å². The van der Waals surface area contributed by atoms with E-state index in [0.717, 1.165) is 4.68 Å². The lowest BCUT2D eigenvalue weighted by Crippen LogP contribution is -2.41. The number of carbonyl (C=O) groups is 8. The average Bonchev–Trinajstić information content (AvgIpc) is 1.62. The van der Waals surface area contributed by atoms with Gasteiger partial charge in [-0.25, -0.2) is 38.7 Å². The molecule has 0 radical (unpaired) electrons. The Morgan fingerprint density at radius 1 is 0.363 bits per heavy atom. The van der Waals surface area contributed by atoms with E-state index < -0.39 is 76.1 Å². The lowest BCUT2D eigenvalue weighted by Gasteiger charge is -2.22. The summed E-state index contributed by atoms with van der Waals surface area (Å²) in [4.78, 5) is 123. The van der Waals surface area contributed by atoms with Crippen LogP contribution in [0.2, 0.25) is 45.5 Å². The monoisotopic (exact) mass is 2140 g/mol. The Hall–Kier alpha value is -9.81. The van der Waals surface area contributed by atoms with Crippen LogP contribution >= 0.6 is 168 Å². The maximum absolute atomic E-state index is 13.4. The number of rotatable bonds is 16. The van der Waals surface area contributed by atoms with Crippen LogP contribution in [0, 0.1) is 6.92 Å². The number of alkyl halides is 6. The summed E-state index contributed by atoms with van der Waals surface area (Å²) in [5.41, 5.74) is -2.44. The zero-order valence-corrected chi connectivity index (χ0v) is 78.2. The van der Waals surface area contributed by atoms with E-state index in [0.29, 0.717) is 56.5 Å². The summed E-state index contributed by atoms with van der Waals surface area (Å²) < 4.78 is 86.3. The summed E-state index contributed by atoms with van der Waals surface area (Å²) in [6.45, 7) is 6.94. The molecule has 0 atom stereocenters. The second-order valence-electron chi connectivity index (χ2n) is 27.1. The number of hydrogen-bond donors (Lipinski definition) is 5. The quantitative estimate of drug-likeness (QED) is 0.0561. The highest BCUT2D eigenvalue weighted by Crippen LogP contribution is 2.39. The van der Waals surface area contributed by atoms with Gasteiger partial charge in [0, 0.05) is 120 Å². The minimum absolute atomic E-state index is 0.000582. The molecule has 0 aliphatic carbocycles. The molecule has 0 fully saturated rings. The Morgan fingerprint density at radius 2 is 0.669 bits per heavy atom. The number of amides is 8. The first kappa shape index (κ1) is 98.0. The van der Waals surface area contributed by atoms with E-state index in [1.54, 1.807) is 98.4 Å². The smallest absolute Gasteiger partial charge is 0.347 e. The Balaban J connectivity index is 0.000000188. The third-order valence-electron chi connectivity index (χ3n) is 16.1. The Bertz CT molecular complexity index is 6010. The van der Waals surface area contributed by atoms with Gasteiger partial charge in [-0.15, -0.1) is 0 Å². The van der Waals surface area contributed by atoms with Crippen LogP contribution in [0.3, 0.4) is 0 Å². The molecule has 12 aromatic rings. The summed E-state index contributed by atoms with van der Waals surface area (Å²) in [5, 5.41) is 29.3. The molecule has 0 saturated heterocycles. The van der Waals surface area contributed by atoms with Crippen molar-refractivity contribution < 1.29 is 64.7 Å². The molecule has 4 aromatic carbocycles. The van der Waals surface area contributed by atoms with Crippen LogP contribution in [0.4, 0.5) is 49.1 Å². The van der Waals surface area contributed by atoms with Gasteiger partial charge in [0.1, 0.15) is 22.8 Å². The molecule has 0 spiro atoms. The molecule has 5 N–H and O–H groups in total. The standard InChI is InChI=1S/C21H17BrCl2F3N5O2.C20H16BrClF3N5O2.C18H13Br2Cl2N5O2.C18H13Cl4N5O2/c1-20(2,3)30-18(33)11-7-10(22)8-13(24)16(11)29-19(34)14-9-15(21(25,26)27)31-32(14)17-12(23)5-4-6-28-17;1-10-7-11(21)8-12(19(32)29(2)3)16(10)27-18(31)14-9-15(20(23,24)25)28-30(14)17-13(22)5-4-6-26-17;1-26(2)18(29)10-6-9(19)7-11(20)15(10)24-17(28)13-8-14(22)25-27(13)16-12(21)4-3-5-23-16;1-26(2)18(29)10-6-9(19)7-12(21)15(10)24-17(28)13-8-14(22)25-27(13)16-11(20)4-3-5-23-16/h4-9H,1-3H3,(H,29,34)(H,30,33);4-9H,1-3H3,(H,27,31);2*3-8H,1-2H3,(H,24,28). The van der Waals surface area contributed by atoms with Gasteiger partial charge < -0.3 is 41.3 Å². The van der Waals surface area contributed by atoms with Gasteiger partial charge in [0.05, 0.1) is 75.1 Å². The Kier molecular flexibility index (Phi) is 32.5. The van der Waals surface area contributed by atoms with Crippen molar-refractivity contribution >= 4 is 238 Å². The van der Waals surface area contributed by atoms with Crippen molar-refractivity contribution in [2.45, 2.75) is 45.6 Å². The number of benzene rings is 4. The van der Waals surface area contributed by atoms with Crippen molar-refractivity contribution in [2.75, 3.05) is 63.6 Å². The third-order valence-corrected chi connectivity index (χ3v) is 20.5. The second kappa shape index (κ2) is 41.1. The Labute approximate surface area is 779 Å². The molecular formula is C77H59Br4Cl9F6N20O8. The van der Waals surface area contributed by atoms with Gasteiger partial charge in [0.2, 0.25) is 0 Å². The lowest BCUT2D eigenvalue weighted by molar-refractivity contribution is -0.142. The zero-order valence-electron chi connectivity index (χ0n) is 65.0. The van der Waals surface area contributed by atoms with Crippen molar-refractivity contribution in [3.63, 3.8) is 0 Å². The molecule has 0 aliphatic rings. The van der Waals surface area contributed by atoms with Gasteiger partial charge in [-0.3, -0.25) is 38.4 Å². The number of carbonyl (C=O) groups excluding carboxylic acids is 8. The maximum atomic E-state index is 13.4. The first-order chi connectivity index (χ1) is 57.9. The van der Waals surface area contributed by atoms with Crippen molar-refractivity contribution in [1.29, 1.82) is 0 Å². The van der Waals surface area contributed by atoms with Gasteiger partial charge in [-0.1, -0.05) is 152 Å². The molecule has 47 heteroatoms. The van der Waals surface area contributed by atoms with Crippen LogP contribution in [0.25, 0.3) is 23.3 Å². The molecule has 0 saturated carbocycles. The predicted octanol–water partition coefficient (Wildman–Crippen LogP) is 21.0. The predicted molar refractivity (Wildman–Crippen MR) is 475 cm³/mol. The van der Waals surface area contributed by atoms with E-state index in [9.17, 15) is 64.7 Å². The van der Waals surface area contributed by atoms with Gasteiger partial charge in [0.25, 0.3) is 47.3 Å². The molecule has 0 bridgehead atoms. The molecule has 0 unspecified atom stereocenters. The Morgan fingerprint density at radius 3 is 1.03 bits per heavy atom. The highest BCUT2D eigenvalue weighted by Gasteiger charge is 2.39. The SMILES string of the molecule is CC(C)(C)NC(=O)c1cc(Br)cc(Cl)c1NC(=O)c1cc(C(F)(F)F)nn1-c1ncccc1Cl.CN(C)C(=O)c1cc(Br)cc(Br)c1NC(=O)c1cc(Cl)nn1-c1ncccc1Cl.CN(C)C(=O)c1cc(Cl)cc(Cl)c1NC(=O)c1cc(Cl)nn1-c1ncccc1Cl.Cc1cc(Br)cc(C(=O)N(C)C)c1NC(=O)c1cc(C(F)(F)F)nn1-c1ncccc1Cl. The first-order valence-corrected chi connectivity index (χ1v) is 41.3. The van der Waals surface area contributed by atoms with E-state index in [-0.39, 0.29) is 121 Å². The summed E-state index contributed by atoms with van der Waals surface area (Å²) in [6, 6.07) is 28.4. The van der Waals surface area contributed by atoms with Gasteiger partial charge in [-0.2, -0.15) is 46.7 Å². The molecule has 648 valence electrons. The van der Waals surface area contributed by atoms with E-state index in [1.165, 1.54) is 130 Å². The number of pyridine rings is 4. The van der Waals surface area contributed by atoms with E-state index in [4.69, 9.17) is 104 Å². The summed E-state index contributed by atoms with van der Waals surface area (Å²) >= 11 is 68.4. The molecule has 0 aliphatic heterocycles. The first-order valence-electron chi connectivity index (χ1n) is 34.7. The highest BCUT2D eigenvalue weighted by atomic mass is 79.9. The maximum Gasteiger partial charge on any atom is 0.435 e. The number of nitrogens with one attached hydrogen (secondary N) is 5. The number of hydrogen-bond acceptors (Lipinski definition) is 16. The van der Waals surface area contributed by atoms with Crippen LogP contribution in [-0.4, -0.2) is 169 Å². The van der Waals surface area contributed by atoms with Crippen molar-refractivity contribution in [3.8, 4) is 23.3 Å². The van der Waals surface area contributed by atoms with Gasteiger partial charge in [0.15, 0.2) is 45.0 Å². The average molecular weight is 2150 g/mol. The van der Waals surface area contributed by atoms with E-state index in [1.807, 2.05) is 0 Å². The highest BCUT2D eigenvalue weighted by molar-refractivity contribution is 9.11. The third kappa shape index (κ3) is 24.2. The number of nitrogens with zero attached hydrogens (tertiary/aromatic N) is 15. The van der Waals surface area contributed by atoms with Crippen molar-refractivity contribution in [3.05, 3.63) is 271 Å². The molecule has 8 heterocycles. The van der Waals surface area contributed by atoms with E-state index >= 15 is 0 Å². The van der Waals surface area contributed by atoms with Crippen LogP contribution < -0.4 is 26.6 Å². The van der Waals surface area contributed by atoms with Gasteiger partial charge >= 0.3 is 12.4 Å². The summed E-state index contributed by atoms with van der Waals surface area (Å²) in [7, 11) is 9.47. The topological polar surface area (TPSA) is 329 Å². The molecule has 8 amide bonds. The number of anilines is 4. The summed E-state index contributed by atoms with van der Waals surface area (Å²) in [6.07, 6.45) is -4.02. The molecule has 124 heavy (non-hydrogen) atoms. The second-order valence-corrected chi connectivity index (χ2v) is 34.4. The fraction of sp³-hybridized carbons (Fsp3) is 0.169. The van der Waals surface area contributed by atoms with Crippen LogP contribution in [-0.2, 0) is 12.4 Å². The lowest BCUT2D eigenvalue weighted by atomic mass is 10.1. The number of aryl methyl sites for hydroxylation is 1. The number of aromatic nitrogens is 12. The minimum atomic E-state index is -4.84. The normalized spacial score (nSPS) is 11.2. The van der Waals surface area contributed by atoms with Crippen molar-refractivity contribution in [1.82, 2.24) is 79.1 Å². The van der Waals surface area contributed by atoms with E-state index in [2.05, 4.69) is 131 Å². The van der Waals surface area contributed by atoms with Crippen LogP contribution in [0.15, 0.2) is 164 Å². The fourth-order valence-electron chi connectivity index (χ4n) is 10.7. The summed E-state index contributed by atoms with van der Waals surface area (Å²) in [5.74, 6) is -4.57.